The van der Waals surface area contributed by atoms with Crippen LogP contribution >= 0.6 is 11.6 Å². The molecule has 0 aliphatic heterocycles. The fourth-order valence-corrected chi connectivity index (χ4v) is 1.72. The van der Waals surface area contributed by atoms with E-state index >= 15 is 0 Å². The summed E-state index contributed by atoms with van der Waals surface area (Å²) in [6.07, 6.45) is 1.10. The number of anilines is 1. The van der Waals surface area contributed by atoms with Crippen molar-refractivity contribution >= 4 is 29.1 Å². The molecule has 1 aromatic rings. The molecule has 1 unspecified atom stereocenters. The molecular weight excluding hydrogens is 266 g/mol. The van der Waals surface area contributed by atoms with Gasteiger partial charge < -0.3 is 16.8 Å². The summed E-state index contributed by atoms with van der Waals surface area (Å²) in [5, 5.41) is 2.96. The van der Waals surface area contributed by atoms with Gasteiger partial charge in [0.1, 0.15) is 0 Å². The molecule has 0 saturated carbocycles. The fraction of sp³-hybridized carbons (Fsp3) is 0.385. The van der Waals surface area contributed by atoms with Crippen LogP contribution in [0.25, 0.3) is 0 Å². The van der Waals surface area contributed by atoms with Crippen LogP contribution in [0.1, 0.15) is 30.1 Å². The largest absolute Gasteiger partial charge is 0.366 e. The summed E-state index contributed by atoms with van der Waals surface area (Å²) in [7, 11) is 0. The van der Waals surface area contributed by atoms with Gasteiger partial charge in [-0.3, -0.25) is 9.59 Å². The molecule has 1 rings (SSSR count). The number of rotatable bonds is 6. The van der Waals surface area contributed by atoms with E-state index in [1.54, 1.807) is 6.07 Å². The lowest BCUT2D eigenvalue weighted by atomic mass is 10.1. The maximum absolute atomic E-state index is 11.7. The normalized spacial score (nSPS) is 11.9. The lowest BCUT2D eigenvalue weighted by Crippen LogP contribution is -2.17. The lowest BCUT2D eigenvalue weighted by Gasteiger charge is -2.09. The predicted octanol–water partition coefficient (Wildman–Crippen LogP) is 1.75. The van der Waals surface area contributed by atoms with Crippen molar-refractivity contribution in [2.45, 2.75) is 19.8 Å². The van der Waals surface area contributed by atoms with Gasteiger partial charge in [0.15, 0.2) is 0 Å². The molecule has 0 spiro atoms. The van der Waals surface area contributed by atoms with Gasteiger partial charge in [-0.05, 0) is 37.1 Å². The van der Waals surface area contributed by atoms with Crippen LogP contribution in [0.2, 0.25) is 5.02 Å². The van der Waals surface area contributed by atoms with Crippen molar-refractivity contribution < 1.29 is 9.59 Å². The average Bonchev–Trinajstić information content (AvgIpc) is 2.37. The topological polar surface area (TPSA) is 98.2 Å². The Kier molecular flexibility index (Phi) is 5.79. The number of carbonyl (C=O) groups is 2. The summed E-state index contributed by atoms with van der Waals surface area (Å²) in [5.41, 5.74) is 11.4. The van der Waals surface area contributed by atoms with E-state index < -0.39 is 5.91 Å². The Hall–Kier alpha value is -1.59. The molecule has 104 valence electrons. The second-order valence-corrected chi connectivity index (χ2v) is 4.89. The lowest BCUT2D eigenvalue weighted by molar-refractivity contribution is -0.116. The Morgan fingerprint density at radius 2 is 2.11 bits per heavy atom. The Morgan fingerprint density at radius 1 is 1.42 bits per heavy atom. The van der Waals surface area contributed by atoms with Crippen molar-refractivity contribution in [2.75, 3.05) is 11.9 Å². The third-order valence-corrected chi connectivity index (χ3v) is 3.11. The highest BCUT2D eigenvalue weighted by Gasteiger charge is 2.10. The molecule has 0 aliphatic carbocycles. The SMILES string of the molecule is CC(CN)CCC(=O)Nc1ccc(Cl)c(C(N)=O)c1. The molecule has 0 aromatic heterocycles. The van der Waals surface area contributed by atoms with Gasteiger partial charge in [0.05, 0.1) is 10.6 Å². The van der Waals surface area contributed by atoms with Crippen LogP contribution in [0, 0.1) is 5.92 Å². The van der Waals surface area contributed by atoms with E-state index in [0.29, 0.717) is 24.6 Å². The van der Waals surface area contributed by atoms with Crippen molar-refractivity contribution in [1.29, 1.82) is 0 Å². The van der Waals surface area contributed by atoms with E-state index in [-0.39, 0.29) is 16.5 Å². The number of primary amides is 1. The van der Waals surface area contributed by atoms with Gasteiger partial charge in [-0.25, -0.2) is 0 Å². The van der Waals surface area contributed by atoms with E-state index in [1.165, 1.54) is 12.1 Å². The molecule has 1 atom stereocenters. The Labute approximate surface area is 117 Å². The number of nitrogens with one attached hydrogen (secondary N) is 1. The Bertz CT molecular complexity index is 477. The molecule has 19 heavy (non-hydrogen) atoms. The monoisotopic (exact) mass is 283 g/mol. The minimum atomic E-state index is -0.627. The summed E-state index contributed by atoms with van der Waals surface area (Å²) < 4.78 is 0. The standard InChI is InChI=1S/C13H18ClN3O2/c1-8(7-15)2-5-12(18)17-9-3-4-11(14)10(6-9)13(16)19/h3-4,6,8H,2,5,7,15H2,1H3,(H2,16,19)(H,17,18). The van der Waals surface area contributed by atoms with Crippen LogP contribution in [0.3, 0.4) is 0 Å². The molecular formula is C13H18ClN3O2. The third kappa shape index (κ3) is 4.89. The van der Waals surface area contributed by atoms with E-state index in [2.05, 4.69) is 5.32 Å². The first-order valence-corrected chi connectivity index (χ1v) is 6.41. The van der Waals surface area contributed by atoms with Gasteiger partial charge in [-0.15, -0.1) is 0 Å². The van der Waals surface area contributed by atoms with Gasteiger partial charge in [0.25, 0.3) is 0 Å². The second kappa shape index (κ2) is 7.11. The van der Waals surface area contributed by atoms with E-state index in [4.69, 9.17) is 23.1 Å². The van der Waals surface area contributed by atoms with Crippen molar-refractivity contribution in [3.8, 4) is 0 Å². The van der Waals surface area contributed by atoms with Crippen LogP contribution in [0.4, 0.5) is 5.69 Å². The average molecular weight is 284 g/mol. The first-order chi connectivity index (χ1) is 8.93. The van der Waals surface area contributed by atoms with Crippen molar-refractivity contribution in [2.24, 2.45) is 17.4 Å². The molecule has 0 heterocycles. The summed E-state index contributed by atoms with van der Waals surface area (Å²) in [4.78, 5) is 22.8. The smallest absolute Gasteiger partial charge is 0.250 e. The minimum absolute atomic E-state index is 0.127. The maximum atomic E-state index is 11.7. The summed E-state index contributed by atoms with van der Waals surface area (Å²) in [5.74, 6) is -0.451. The van der Waals surface area contributed by atoms with Crippen LogP contribution in [-0.2, 0) is 4.79 Å². The highest BCUT2D eigenvalue weighted by atomic mass is 35.5. The molecule has 6 heteroatoms. The van der Waals surface area contributed by atoms with Crippen molar-refractivity contribution in [3.63, 3.8) is 0 Å². The molecule has 5 N–H and O–H groups in total. The molecule has 0 aliphatic rings. The number of halogens is 1. The quantitative estimate of drug-likeness (QED) is 0.742. The van der Waals surface area contributed by atoms with Crippen LogP contribution in [0.15, 0.2) is 18.2 Å². The predicted molar refractivity (Wildman–Crippen MR) is 76.1 cm³/mol. The highest BCUT2D eigenvalue weighted by Crippen LogP contribution is 2.20. The second-order valence-electron chi connectivity index (χ2n) is 4.49. The molecule has 5 nitrogen and oxygen atoms in total. The number of hydrogen-bond donors (Lipinski definition) is 3. The number of carbonyl (C=O) groups excluding carboxylic acids is 2. The van der Waals surface area contributed by atoms with Crippen LogP contribution < -0.4 is 16.8 Å². The summed E-state index contributed by atoms with van der Waals surface area (Å²) in [6.45, 7) is 2.54. The van der Waals surface area contributed by atoms with Crippen molar-refractivity contribution in [1.82, 2.24) is 0 Å². The zero-order chi connectivity index (χ0) is 14.4. The third-order valence-electron chi connectivity index (χ3n) is 2.78. The number of amides is 2. The Balaban J connectivity index is 2.64. The zero-order valence-electron chi connectivity index (χ0n) is 10.8. The van der Waals surface area contributed by atoms with Crippen LogP contribution in [-0.4, -0.2) is 18.4 Å². The van der Waals surface area contributed by atoms with Gasteiger partial charge in [-0.2, -0.15) is 0 Å². The number of benzene rings is 1. The van der Waals surface area contributed by atoms with Gasteiger partial charge in [-0.1, -0.05) is 18.5 Å². The first kappa shape index (κ1) is 15.5. The fourth-order valence-electron chi connectivity index (χ4n) is 1.51. The number of hydrogen-bond acceptors (Lipinski definition) is 3. The number of nitrogens with two attached hydrogens (primary N) is 2. The molecule has 1 aromatic carbocycles. The van der Waals surface area contributed by atoms with Gasteiger partial charge in [0.2, 0.25) is 11.8 Å². The zero-order valence-corrected chi connectivity index (χ0v) is 11.5. The van der Waals surface area contributed by atoms with Gasteiger partial charge in [0, 0.05) is 12.1 Å². The maximum Gasteiger partial charge on any atom is 0.250 e. The molecule has 0 fully saturated rings. The van der Waals surface area contributed by atoms with E-state index in [1.807, 2.05) is 6.92 Å². The van der Waals surface area contributed by atoms with E-state index in [9.17, 15) is 9.59 Å². The molecule has 0 radical (unpaired) electrons. The first-order valence-electron chi connectivity index (χ1n) is 6.03. The molecule has 0 saturated heterocycles. The van der Waals surface area contributed by atoms with Crippen molar-refractivity contribution in [3.05, 3.63) is 28.8 Å². The minimum Gasteiger partial charge on any atom is -0.366 e. The molecule has 0 bridgehead atoms. The van der Waals surface area contributed by atoms with Crippen LogP contribution in [0.5, 0.6) is 0 Å². The summed E-state index contributed by atoms with van der Waals surface area (Å²) in [6, 6.07) is 4.62. The van der Waals surface area contributed by atoms with Gasteiger partial charge >= 0.3 is 0 Å². The summed E-state index contributed by atoms with van der Waals surface area (Å²) >= 11 is 5.82. The van der Waals surface area contributed by atoms with E-state index in [0.717, 1.165) is 6.42 Å². The molecule has 2 amide bonds. The highest BCUT2D eigenvalue weighted by molar-refractivity contribution is 6.33. The Morgan fingerprint density at radius 3 is 2.68 bits per heavy atom.